The van der Waals surface area contributed by atoms with Crippen LogP contribution in [-0.4, -0.2) is 21.4 Å². The highest BCUT2D eigenvalue weighted by molar-refractivity contribution is 6.18. The summed E-state index contributed by atoms with van der Waals surface area (Å²) in [7, 11) is 0. The molecule has 0 bridgehead atoms. The maximum atomic E-state index is 14.1. The number of anilines is 1. The van der Waals surface area contributed by atoms with Crippen LogP contribution in [0.4, 0.5) is 10.2 Å². The summed E-state index contributed by atoms with van der Waals surface area (Å²) in [6.07, 6.45) is 7.42. The fourth-order valence-corrected chi connectivity index (χ4v) is 2.85. The van der Waals surface area contributed by atoms with E-state index < -0.39 is 0 Å². The lowest BCUT2D eigenvalue weighted by molar-refractivity contribution is 0.350. The van der Waals surface area contributed by atoms with E-state index in [1.54, 1.807) is 0 Å². The van der Waals surface area contributed by atoms with Crippen molar-refractivity contribution in [2.75, 3.05) is 11.2 Å². The SMILES string of the molecule is CCc1ncnc(NC2(CCl)CCCCC2)c1F. The molecule has 0 radical (unpaired) electrons. The van der Waals surface area contributed by atoms with Crippen molar-refractivity contribution >= 4 is 17.4 Å². The van der Waals surface area contributed by atoms with Gasteiger partial charge in [-0.3, -0.25) is 0 Å². The van der Waals surface area contributed by atoms with Crippen LogP contribution in [0.2, 0.25) is 0 Å². The summed E-state index contributed by atoms with van der Waals surface area (Å²) < 4.78 is 14.1. The second kappa shape index (κ2) is 5.83. The predicted molar refractivity (Wildman–Crippen MR) is 71.5 cm³/mol. The van der Waals surface area contributed by atoms with Gasteiger partial charge in [0.05, 0.1) is 11.2 Å². The third-order valence-electron chi connectivity index (χ3n) is 3.65. The third kappa shape index (κ3) is 2.74. The van der Waals surface area contributed by atoms with E-state index in [4.69, 9.17) is 11.6 Å². The van der Waals surface area contributed by atoms with Gasteiger partial charge < -0.3 is 5.32 Å². The number of nitrogens with one attached hydrogen (secondary N) is 1. The number of hydrogen-bond acceptors (Lipinski definition) is 3. The summed E-state index contributed by atoms with van der Waals surface area (Å²) in [5, 5.41) is 3.23. The second-order valence-corrected chi connectivity index (χ2v) is 5.20. The molecule has 2 rings (SSSR count). The molecular weight excluding hydrogens is 253 g/mol. The van der Waals surface area contributed by atoms with Gasteiger partial charge in [0.2, 0.25) is 0 Å². The van der Waals surface area contributed by atoms with E-state index in [0.717, 1.165) is 25.7 Å². The Morgan fingerprint density at radius 3 is 2.67 bits per heavy atom. The van der Waals surface area contributed by atoms with E-state index in [1.165, 1.54) is 12.7 Å². The highest BCUT2D eigenvalue weighted by atomic mass is 35.5. The number of alkyl halides is 1. The number of rotatable bonds is 4. The van der Waals surface area contributed by atoms with Crippen molar-refractivity contribution in [2.45, 2.75) is 51.0 Å². The quantitative estimate of drug-likeness (QED) is 0.852. The molecule has 1 aromatic heterocycles. The second-order valence-electron chi connectivity index (χ2n) is 4.94. The summed E-state index contributed by atoms with van der Waals surface area (Å²) in [5.74, 6) is 0.442. The van der Waals surface area contributed by atoms with E-state index in [2.05, 4.69) is 15.3 Å². The minimum Gasteiger partial charge on any atom is -0.361 e. The van der Waals surface area contributed by atoms with Crippen LogP contribution in [-0.2, 0) is 6.42 Å². The van der Waals surface area contributed by atoms with Gasteiger partial charge in [-0.2, -0.15) is 0 Å². The topological polar surface area (TPSA) is 37.8 Å². The monoisotopic (exact) mass is 271 g/mol. The molecule has 1 fully saturated rings. The smallest absolute Gasteiger partial charge is 0.186 e. The minimum absolute atomic E-state index is 0.208. The Balaban J connectivity index is 2.21. The average molecular weight is 272 g/mol. The largest absolute Gasteiger partial charge is 0.361 e. The summed E-state index contributed by atoms with van der Waals surface area (Å²) in [4.78, 5) is 7.96. The van der Waals surface area contributed by atoms with Crippen LogP contribution in [0.3, 0.4) is 0 Å². The van der Waals surface area contributed by atoms with Crippen molar-refractivity contribution in [1.82, 2.24) is 9.97 Å². The van der Waals surface area contributed by atoms with Gasteiger partial charge in [-0.15, -0.1) is 11.6 Å². The third-order valence-corrected chi connectivity index (χ3v) is 4.16. The highest BCUT2D eigenvalue weighted by Gasteiger charge is 2.32. The molecule has 0 aromatic carbocycles. The zero-order valence-corrected chi connectivity index (χ0v) is 11.4. The van der Waals surface area contributed by atoms with E-state index in [9.17, 15) is 4.39 Å². The number of aryl methyl sites for hydroxylation is 1. The van der Waals surface area contributed by atoms with Crippen molar-refractivity contribution in [2.24, 2.45) is 0 Å². The van der Waals surface area contributed by atoms with Crippen molar-refractivity contribution in [3.8, 4) is 0 Å². The fourth-order valence-electron chi connectivity index (χ4n) is 2.51. The Kier molecular flexibility index (Phi) is 4.38. The van der Waals surface area contributed by atoms with Crippen LogP contribution in [0, 0.1) is 5.82 Å². The summed E-state index contributed by atoms with van der Waals surface area (Å²) >= 11 is 6.08. The molecule has 0 saturated heterocycles. The normalized spacial score (nSPS) is 18.6. The molecule has 100 valence electrons. The number of hydrogen-bond donors (Lipinski definition) is 1. The Hall–Kier alpha value is -0.900. The molecule has 18 heavy (non-hydrogen) atoms. The zero-order valence-electron chi connectivity index (χ0n) is 10.7. The molecule has 0 spiro atoms. The van der Waals surface area contributed by atoms with E-state index in [0.29, 0.717) is 23.8 Å². The molecule has 3 nitrogen and oxygen atoms in total. The van der Waals surface area contributed by atoms with E-state index >= 15 is 0 Å². The van der Waals surface area contributed by atoms with E-state index in [1.807, 2.05) is 6.92 Å². The van der Waals surface area contributed by atoms with Crippen molar-refractivity contribution in [1.29, 1.82) is 0 Å². The Morgan fingerprint density at radius 1 is 1.33 bits per heavy atom. The molecular formula is C13H19ClFN3. The number of halogens is 2. The first-order valence-electron chi connectivity index (χ1n) is 6.54. The first-order chi connectivity index (χ1) is 8.71. The van der Waals surface area contributed by atoms with Gasteiger partial charge in [0.15, 0.2) is 11.6 Å². The zero-order chi connectivity index (χ0) is 13.0. The van der Waals surface area contributed by atoms with Gasteiger partial charge in [-0.05, 0) is 19.3 Å². The van der Waals surface area contributed by atoms with Crippen LogP contribution < -0.4 is 5.32 Å². The highest BCUT2D eigenvalue weighted by Crippen LogP contribution is 2.33. The molecule has 1 aliphatic rings. The number of aromatic nitrogens is 2. The molecule has 0 aliphatic heterocycles. The lowest BCUT2D eigenvalue weighted by atomic mass is 9.83. The molecule has 0 unspecified atom stereocenters. The maximum Gasteiger partial charge on any atom is 0.186 e. The minimum atomic E-state index is -0.338. The molecule has 1 saturated carbocycles. The van der Waals surface area contributed by atoms with Crippen molar-refractivity contribution in [3.63, 3.8) is 0 Å². The lowest BCUT2D eigenvalue weighted by Crippen LogP contribution is -2.42. The standard InChI is InChI=1S/C13H19ClFN3/c1-2-10-11(15)12(17-9-16-10)18-13(8-14)6-4-3-5-7-13/h9H,2-8H2,1H3,(H,16,17,18). The van der Waals surface area contributed by atoms with Gasteiger partial charge in [-0.1, -0.05) is 26.2 Å². The summed E-state index contributed by atoms with van der Waals surface area (Å²) in [5.41, 5.74) is 0.244. The first kappa shape index (κ1) is 13.5. The molecule has 1 aromatic rings. The molecule has 1 heterocycles. The van der Waals surface area contributed by atoms with Crippen molar-refractivity contribution in [3.05, 3.63) is 17.8 Å². The lowest BCUT2D eigenvalue weighted by Gasteiger charge is -2.37. The average Bonchev–Trinajstić information content (AvgIpc) is 2.42. The Bertz CT molecular complexity index is 405. The molecule has 0 amide bonds. The fraction of sp³-hybridized carbons (Fsp3) is 0.692. The molecule has 1 aliphatic carbocycles. The van der Waals surface area contributed by atoms with Gasteiger partial charge in [0.25, 0.3) is 0 Å². The van der Waals surface area contributed by atoms with Crippen molar-refractivity contribution < 1.29 is 4.39 Å². The molecule has 5 heteroatoms. The van der Waals surface area contributed by atoms with Gasteiger partial charge >= 0.3 is 0 Å². The van der Waals surface area contributed by atoms with Crippen LogP contribution in [0.1, 0.15) is 44.7 Å². The molecule has 0 atom stereocenters. The maximum absolute atomic E-state index is 14.1. The summed E-state index contributed by atoms with van der Waals surface area (Å²) in [6.45, 7) is 1.88. The van der Waals surface area contributed by atoms with Crippen LogP contribution in [0.5, 0.6) is 0 Å². The summed E-state index contributed by atoms with van der Waals surface area (Å²) in [6, 6.07) is 0. The van der Waals surface area contributed by atoms with Crippen LogP contribution in [0.15, 0.2) is 6.33 Å². The molecule has 1 N–H and O–H groups in total. The Labute approximate surface area is 112 Å². The van der Waals surface area contributed by atoms with Crippen LogP contribution in [0.25, 0.3) is 0 Å². The van der Waals surface area contributed by atoms with Gasteiger partial charge in [0, 0.05) is 5.88 Å². The van der Waals surface area contributed by atoms with Gasteiger partial charge in [0.1, 0.15) is 6.33 Å². The van der Waals surface area contributed by atoms with Gasteiger partial charge in [-0.25, -0.2) is 14.4 Å². The number of nitrogens with zero attached hydrogens (tertiary/aromatic N) is 2. The van der Waals surface area contributed by atoms with Crippen LogP contribution >= 0.6 is 11.6 Å². The first-order valence-corrected chi connectivity index (χ1v) is 7.08. The Morgan fingerprint density at radius 2 is 2.06 bits per heavy atom. The van der Waals surface area contributed by atoms with E-state index in [-0.39, 0.29) is 11.4 Å². The predicted octanol–water partition coefficient (Wildman–Crippen LogP) is 3.53.